The Kier molecular flexibility index (Phi) is 5.56. The minimum Gasteiger partial charge on any atom is -0.465 e. The molecule has 110 valence electrons. The highest BCUT2D eigenvalue weighted by molar-refractivity contribution is 5.90. The van der Waals surface area contributed by atoms with Crippen molar-refractivity contribution in [2.45, 2.75) is 19.9 Å². The zero-order chi connectivity index (χ0) is 14.4. The fraction of sp³-hybridized carbons (Fsp3) is 0.562. The van der Waals surface area contributed by atoms with Gasteiger partial charge in [-0.3, -0.25) is 4.90 Å². The van der Waals surface area contributed by atoms with Gasteiger partial charge in [-0.05, 0) is 24.6 Å². The number of hydrogen-bond donors (Lipinski definition) is 0. The van der Waals surface area contributed by atoms with Gasteiger partial charge in [0.15, 0.2) is 0 Å². The lowest BCUT2D eigenvalue weighted by Crippen LogP contribution is -2.46. The van der Waals surface area contributed by atoms with E-state index in [0.29, 0.717) is 5.56 Å². The van der Waals surface area contributed by atoms with E-state index in [0.717, 1.165) is 38.3 Å². The summed E-state index contributed by atoms with van der Waals surface area (Å²) in [5, 5.41) is 0. The van der Waals surface area contributed by atoms with Gasteiger partial charge in [0.25, 0.3) is 0 Å². The number of rotatable bonds is 5. The van der Waals surface area contributed by atoms with E-state index >= 15 is 0 Å². The van der Waals surface area contributed by atoms with E-state index in [1.165, 1.54) is 20.1 Å². The van der Waals surface area contributed by atoms with Crippen molar-refractivity contribution >= 4 is 5.97 Å². The van der Waals surface area contributed by atoms with Gasteiger partial charge in [-0.2, -0.15) is 0 Å². The third-order valence-electron chi connectivity index (χ3n) is 3.82. The molecule has 20 heavy (non-hydrogen) atoms. The average Bonchev–Trinajstić information content (AvgIpc) is 2.49. The Morgan fingerprint density at radius 3 is 2.45 bits per heavy atom. The van der Waals surface area contributed by atoms with Gasteiger partial charge in [0.05, 0.1) is 12.7 Å². The van der Waals surface area contributed by atoms with E-state index in [1.807, 2.05) is 24.3 Å². The van der Waals surface area contributed by atoms with Crippen molar-refractivity contribution in [3.05, 3.63) is 35.4 Å². The van der Waals surface area contributed by atoms with Crippen LogP contribution in [0, 0.1) is 0 Å². The Hall–Kier alpha value is -1.39. The van der Waals surface area contributed by atoms with Crippen LogP contribution in [0.2, 0.25) is 0 Å². The molecule has 0 saturated carbocycles. The summed E-state index contributed by atoms with van der Waals surface area (Å²) in [6.45, 7) is 8.60. The van der Waals surface area contributed by atoms with Gasteiger partial charge in [0.2, 0.25) is 0 Å². The Labute approximate surface area is 121 Å². The number of nitrogens with zero attached hydrogens (tertiary/aromatic N) is 2. The maximum Gasteiger partial charge on any atom is 0.338 e. The summed E-state index contributed by atoms with van der Waals surface area (Å²) in [6.07, 6.45) is 1.21. The molecular formula is C16H24N2O2. The minimum atomic E-state index is -0.245. The van der Waals surface area contributed by atoms with Crippen LogP contribution in [-0.4, -0.2) is 55.6 Å². The lowest BCUT2D eigenvalue weighted by molar-refractivity contribution is 0.0597. The summed E-state index contributed by atoms with van der Waals surface area (Å²) in [7, 11) is 1.43. The van der Waals surface area contributed by atoms with E-state index in [4.69, 9.17) is 4.74 Å². The topological polar surface area (TPSA) is 32.8 Å². The first-order chi connectivity index (χ1) is 9.74. The summed E-state index contributed by atoms with van der Waals surface area (Å²) < 4.78 is 4.85. The molecule has 4 heteroatoms. The molecule has 0 atom stereocenters. The molecule has 0 unspecified atom stereocenters. The number of esters is 1. The fourth-order valence-corrected chi connectivity index (χ4v) is 2.70. The van der Waals surface area contributed by atoms with Crippen LogP contribution in [0.4, 0.5) is 0 Å². The molecule has 2 rings (SSSR count). The standard InChI is InChI=1S/C16H24N2O2/c1-3-8-17-9-11-18(12-10-17)13-14-6-4-5-7-15(14)16(19)20-2/h4-7H,3,8-13H2,1-2H3. The molecule has 1 aliphatic rings. The largest absolute Gasteiger partial charge is 0.465 e. The summed E-state index contributed by atoms with van der Waals surface area (Å²) in [4.78, 5) is 16.7. The summed E-state index contributed by atoms with van der Waals surface area (Å²) in [6, 6.07) is 7.73. The Morgan fingerprint density at radius 1 is 1.15 bits per heavy atom. The number of carbonyl (C=O) groups is 1. The molecule has 0 spiro atoms. The third kappa shape index (κ3) is 3.81. The SMILES string of the molecule is CCCN1CCN(Cc2ccccc2C(=O)OC)CC1. The van der Waals surface area contributed by atoms with Crippen molar-refractivity contribution in [2.24, 2.45) is 0 Å². The number of carbonyl (C=O) groups excluding carboxylic acids is 1. The van der Waals surface area contributed by atoms with Crippen molar-refractivity contribution in [3.63, 3.8) is 0 Å². The number of piperazine rings is 1. The minimum absolute atomic E-state index is 0.245. The number of hydrogen-bond acceptors (Lipinski definition) is 4. The second-order valence-corrected chi connectivity index (χ2v) is 5.27. The van der Waals surface area contributed by atoms with Crippen LogP contribution in [-0.2, 0) is 11.3 Å². The molecule has 0 aromatic heterocycles. The van der Waals surface area contributed by atoms with E-state index in [2.05, 4.69) is 16.7 Å². The fourth-order valence-electron chi connectivity index (χ4n) is 2.70. The molecule has 0 amide bonds. The maximum atomic E-state index is 11.8. The third-order valence-corrected chi connectivity index (χ3v) is 3.82. The molecule has 0 aliphatic carbocycles. The van der Waals surface area contributed by atoms with Gasteiger partial charge in [-0.15, -0.1) is 0 Å². The first-order valence-corrected chi connectivity index (χ1v) is 7.35. The molecule has 0 bridgehead atoms. The molecule has 0 radical (unpaired) electrons. The predicted molar refractivity (Wildman–Crippen MR) is 79.8 cm³/mol. The maximum absolute atomic E-state index is 11.8. The molecule has 0 N–H and O–H groups in total. The van der Waals surface area contributed by atoms with Gasteiger partial charge in [0.1, 0.15) is 0 Å². The van der Waals surface area contributed by atoms with Crippen LogP contribution in [0.1, 0.15) is 29.3 Å². The van der Waals surface area contributed by atoms with Gasteiger partial charge < -0.3 is 9.64 Å². The quantitative estimate of drug-likeness (QED) is 0.770. The van der Waals surface area contributed by atoms with Crippen molar-refractivity contribution in [3.8, 4) is 0 Å². The summed E-state index contributed by atoms with van der Waals surface area (Å²) >= 11 is 0. The molecule has 1 heterocycles. The van der Waals surface area contributed by atoms with Gasteiger partial charge in [-0.25, -0.2) is 4.79 Å². The number of ether oxygens (including phenoxy) is 1. The smallest absolute Gasteiger partial charge is 0.338 e. The first-order valence-electron chi connectivity index (χ1n) is 7.35. The second-order valence-electron chi connectivity index (χ2n) is 5.27. The average molecular weight is 276 g/mol. The monoisotopic (exact) mass is 276 g/mol. The molecule has 1 aliphatic heterocycles. The van der Waals surface area contributed by atoms with Crippen molar-refractivity contribution in [2.75, 3.05) is 39.8 Å². The van der Waals surface area contributed by atoms with Crippen LogP contribution in [0.25, 0.3) is 0 Å². The molecule has 1 fully saturated rings. The van der Waals surface area contributed by atoms with E-state index < -0.39 is 0 Å². The highest BCUT2D eigenvalue weighted by atomic mass is 16.5. The molecule has 4 nitrogen and oxygen atoms in total. The Balaban J connectivity index is 1.96. The van der Waals surface area contributed by atoms with Crippen LogP contribution < -0.4 is 0 Å². The second kappa shape index (κ2) is 7.41. The Bertz CT molecular complexity index is 440. The van der Waals surface area contributed by atoms with E-state index in [-0.39, 0.29) is 5.97 Å². The molecule has 1 aromatic rings. The lowest BCUT2D eigenvalue weighted by Gasteiger charge is -2.34. The number of benzene rings is 1. The molecular weight excluding hydrogens is 252 g/mol. The van der Waals surface area contributed by atoms with Gasteiger partial charge in [-0.1, -0.05) is 25.1 Å². The van der Waals surface area contributed by atoms with Crippen molar-refractivity contribution in [1.82, 2.24) is 9.80 Å². The Morgan fingerprint density at radius 2 is 1.80 bits per heavy atom. The van der Waals surface area contributed by atoms with Crippen LogP contribution >= 0.6 is 0 Å². The van der Waals surface area contributed by atoms with E-state index in [9.17, 15) is 4.79 Å². The zero-order valence-corrected chi connectivity index (χ0v) is 12.5. The van der Waals surface area contributed by atoms with Crippen molar-refractivity contribution in [1.29, 1.82) is 0 Å². The normalized spacial score (nSPS) is 17.1. The van der Waals surface area contributed by atoms with E-state index in [1.54, 1.807) is 0 Å². The van der Waals surface area contributed by atoms with Crippen LogP contribution in [0.15, 0.2) is 24.3 Å². The van der Waals surface area contributed by atoms with Gasteiger partial charge in [0, 0.05) is 32.7 Å². The summed E-state index contributed by atoms with van der Waals surface area (Å²) in [5.41, 5.74) is 1.74. The first kappa shape index (κ1) is 15.0. The summed E-state index contributed by atoms with van der Waals surface area (Å²) in [5.74, 6) is -0.245. The van der Waals surface area contributed by atoms with Crippen LogP contribution in [0.5, 0.6) is 0 Å². The highest BCUT2D eigenvalue weighted by Crippen LogP contribution is 2.14. The van der Waals surface area contributed by atoms with Crippen LogP contribution in [0.3, 0.4) is 0 Å². The highest BCUT2D eigenvalue weighted by Gasteiger charge is 2.18. The molecule has 1 aromatic carbocycles. The molecule has 1 saturated heterocycles. The van der Waals surface area contributed by atoms with Gasteiger partial charge >= 0.3 is 5.97 Å². The van der Waals surface area contributed by atoms with Crippen molar-refractivity contribution < 1.29 is 9.53 Å². The predicted octanol–water partition coefficient (Wildman–Crippen LogP) is 2.00. The lowest BCUT2D eigenvalue weighted by atomic mass is 10.1. The zero-order valence-electron chi connectivity index (χ0n) is 12.5. The number of methoxy groups -OCH3 is 1.